The molecule has 1 aromatic carbocycles. The molecule has 0 aliphatic carbocycles. The minimum Gasteiger partial charge on any atom is -0.378 e. The van der Waals surface area contributed by atoms with E-state index in [0.717, 1.165) is 43.3 Å². The van der Waals surface area contributed by atoms with E-state index in [9.17, 15) is 4.79 Å². The van der Waals surface area contributed by atoms with Gasteiger partial charge in [-0.15, -0.1) is 0 Å². The van der Waals surface area contributed by atoms with E-state index in [0.29, 0.717) is 0 Å². The summed E-state index contributed by atoms with van der Waals surface area (Å²) in [6.07, 6.45) is 4.75. The first kappa shape index (κ1) is 18.4. The van der Waals surface area contributed by atoms with Gasteiger partial charge < -0.3 is 20.4 Å². The fraction of sp³-hybridized carbons (Fsp3) is 0.632. The normalized spacial score (nSPS) is 20.2. The molecule has 2 aliphatic heterocycles. The molecule has 0 unspecified atom stereocenters. The summed E-state index contributed by atoms with van der Waals surface area (Å²) in [5, 5.41) is 6.11. The third kappa shape index (κ3) is 5.28. The predicted molar refractivity (Wildman–Crippen MR) is 108 cm³/mol. The van der Waals surface area contributed by atoms with Crippen molar-refractivity contribution >= 4 is 29.2 Å². The molecule has 2 heterocycles. The highest BCUT2D eigenvalue weighted by molar-refractivity contribution is 7.99. The minimum absolute atomic E-state index is 0.0941. The van der Waals surface area contributed by atoms with E-state index in [4.69, 9.17) is 0 Å². The molecule has 0 radical (unpaired) electrons. The Kier molecular flexibility index (Phi) is 6.48. The first-order valence-electron chi connectivity index (χ1n) is 9.28. The Hall–Kier alpha value is -1.40. The topological polar surface area (TPSA) is 47.6 Å². The van der Waals surface area contributed by atoms with Crippen LogP contribution in [0.3, 0.4) is 0 Å². The smallest absolute Gasteiger partial charge is 0.319 e. The molecule has 0 aromatic heterocycles. The number of piperidine rings is 1. The van der Waals surface area contributed by atoms with Gasteiger partial charge in [0.1, 0.15) is 0 Å². The number of urea groups is 1. The van der Waals surface area contributed by atoms with Crippen LogP contribution in [0.25, 0.3) is 0 Å². The predicted octanol–water partition coefficient (Wildman–Crippen LogP) is 3.23. The first-order valence-corrected chi connectivity index (χ1v) is 10.4. The second-order valence-corrected chi connectivity index (χ2v) is 8.42. The van der Waals surface area contributed by atoms with Gasteiger partial charge in [0.15, 0.2) is 0 Å². The van der Waals surface area contributed by atoms with Crippen LogP contribution in [0.5, 0.6) is 0 Å². The third-order valence-electron chi connectivity index (χ3n) is 5.19. The summed E-state index contributed by atoms with van der Waals surface area (Å²) in [7, 11) is 4.00. The number of amides is 2. The van der Waals surface area contributed by atoms with Gasteiger partial charge >= 0.3 is 6.03 Å². The summed E-state index contributed by atoms with van der Waals surface area (Å²) in [4.78, 5) is 17.0. The molecule has 0 spiro atoms. The van der Waals surface area contributed by atoms with E-state index in [-0.39, 0.29) is 12.1 Å². The number of nitrogens with zero attached hydrogens (tertiary/aromatic N) is 2. The molecule has 3 rings (SSSR count). The summed E-state index contributed by atoms with van der Waals surface area (Å²) in [6.45, 7) is 2.22. The highest BCUT2D eigenvalue weighted by Crippen LogP contribution is 2.24. The number of anilines is 2. The van der Waals surface area contributed by atoms with Crippen molar-refractivity contribution in [2.24, 2.45) is 0 Å². The second kappa shape index (κ2) is 8.81. The molecule has 0 atom stereocenters. The third-order valence-corrected chi connectivity index (χ3v) is 6.24. The van der Waals surface area contributed by atoms with Gasteiger partial charge in [0.05, 0.1) is 0 Å². The molecule has 1 aromatic rings. The van der Waals surface area contributed by atoms with Crippen LogP contribution in [0.4, 0.5) is 16.2 Å². The van der Waals surface area contributed by atoms with Crippen LogP contribution in [0, 0.1) is 0 Å². The van der Waals surface area contributed by atoms with Gasteiger partial charge in [-0.1, -0.05) is 6.07 Å². The van der Waals surface area contributed by atoms with Gasteiger partial charge in [-0.25, -0.2) is 4.79 Å². The molecular formula is C19H30N4OS. The van der Waals surface area contributed by atoms with E-state index in [1.165, 1.54) is 24.3 Å². The fourth-order valence-corrected chi connectivity index (χ4v) is 4.76. The van der Waals surface area contributed by atoms with Crippen LogP contribution in [-0.2, 0) is 0 Å². The molecule has 2 fully saturated rings. The standard InChI is InChI=1S/C19H30N4OS/c1-22(2)18-5-3-4-16(14-18)21-19(24)20-15-6-10-23(11-7-15)17-8-12-25-13-9-17/h3-5,14-15,17H,6-13H2,1-2H3,(H2,20,21,24). The van der Waals surface area contributed by atoms with Gasteiger partial charge in [0.2, 0.25) is 0 Å². The van der Waals surface area contributed by atoms with Crippen molar-refractivity contribution < 1.29 is 4.79 Å². The van der Waals surface area contributed by atoms with E-state index in [1.54, 1.807) is 0 Å². The number of hydrogen-bond acceptors (Lipinski definition) is 4. The average molecular weight is 363 g/mol. The van der Waals surface area contributed by atoms with Gasteiger partial charge in [-0.05, 0) is 55.4 Å². The van der Waals surface area contributed by atoms with Crippen LogP contribution in [0.15, 0.2) is 24.3 Å². The van der Waals surface area contributed by atoms with Gasteiger partial charge in [-0.3, -0.25) is 0 Å². The lowest BCUT2D eigenvalue weighted by Gasteiger charge is -2.39. The lowest BCUT2D eigenvalue weighted by Crippen LogP contribution is -2.49. The maximum absolute atomic E-state index is 12.3. The number of carbonyl (C=O) groups is 1. The van der Waals surface area contributed by atoms with E-state index >= 15 is 0 Å². The summed E-state index contributed by atoms with van der Waals surface area (Å²) < 4.78 is 0. The molecule has 6 heteroatoms. The lowest BCUT2D eigenvalue weighted by atomic mass is 10.0. The van der Waals surface area contributed by atoms with Crippen molar-refractivity contribution in [1.82, 2.24) is 10.2 Å². The average Bonchev–Trinajstić information content (AvgIpc) is 2.63. The van der Waals surface area contributed by atoms with Gasteiger partial charge in [0, 0.05) is 50.6 Å². The number of likely N-dealkylation sites (tertiary alicyclic amines) is 1. The van der Waals surface area contributed by atoms with Gasteiger partial charge in [0.25, 0.3) is 0 Å². The van der Waals surface area contributed by atoms with Crippen LogP contribution >= 0.6 is 11.8 Å². The van der Waals surface area contributed by atoms with Crippen molar-refractivity contribution in [3.05, 3.63) is 24.3 Å². The highest BCUT2D eigenvalue weighted by atomic mass is 32.2. The molecule has 2 saturated heterocycles. The second-order valence-electron chi connectivity index (χ2n) is 7.20. The zero-order valence-electron chi connectivity index (χ0n) is 15.3. The Balaban J connectivity index is 1.44. The van der Waals surface area contributed by atoms with Crippen LogP contribution in [-0.4, -0.2) is 61.7 Å². The molecule has 2 amide bonds. The fourth-order valence-electron chi connectivity index (χ4n) is 3.67. The maximum Gasteiger partial charge on any atom is 0.319 e. The summed E-state index contributed by atoms with van der Waals surface area (Å²) >= 11 is 2.08. The van der Waals surface area contributed by atoms with E-state index < -0.39 is 0 Å². The quantitative estimate of drug-likeness (QED) is 0.863. The van der Waals surface area contributed by atoms with Crippen molar-refractivity contribution in [1.29, 1.82) is 0 Å². The van der Waals surface area contributed by atoms with Crippen molar-refractivity contribution in [2.45, 2.75) is 37.8 Å². The molecule has 0 saturated carbocycles. The number of benzene rings is 1. The number of rotatable bonds is 4. The summed E-state index contributed by atoms with van der Waals surface area (Å²) in [6, 6.07) is 8.87. The lowest BCUT2D eigenvalue weighted by molar-refractivity contribution is 0.138. The zero-order valence-corrected chi connectivity index (χ0v) is 16.1. The van der Waals surface area contributed by atoms with E-state index in [1.807, 2.05) is 43.3 Å². The Morgan fingerprint density at radius 1 is 1.16 bits per heavy atom. The first-order chi connectivity index (χ1) is 12.1. The summed E-state index contributed by atoms with van der Waals surface area (Å²) in [5.74, 6) is 2.61. The largest absolute Gasteiger partial charge is 0.378 e. The Morgan fingerprint density at radius 2 is 1.88 bits per heavy atom. The molecule has 25 heavy (non-hydrogen) atoms. The number of nitrogens with one attached hydrogen (secondary N) is 2. The van der Waals surface area contributed by atoms with Crippen molar-refractivity contribution in [2.75, 3.05) is 48.9 Å². The Morgan fingerprint density at radius 3 is 2.56 bits per heavy atom. The SMILES string of the molecule is CN(C)c1cccc(NC(=O)NC2CCN(C3CCSCC3)CC2)c1. The summed E-state index contributed by atoms with van der Waals surface area (Å²) in [5.41, 5.74) is 1.91. The molecule has 5 nitrogen and oxygen atoms in total. The Bertz CT molecular complexity index is 566. The monoisotopic (exact) mass is 362 g/mol. The number of hydrogen-bond donors (Lipinski definition) is 2. The van der Waals surface area contributed by atoms with Gasteiger partial charge in [-0.2, -0.15) is 11.8 Å². The molecule has 0 bridgehead atoms. The molecule has 2 N–H and O–H groups in total. The number of carbonyl (C=O) groups excluding carboxylic acids is 1. The van der Waals surface area contributed by atoms with Crippen LogP contribution in [0.2, 0.25) is 0 Å². The molecule has 2 aliphatic rings. The van der Waals surface area contributed by atoms with Crippen LogP contribution < -0.4 is 15.5 Å². The highest BCUT2D eigenvalue weighted by Gasteiger charge is 2.26. The minimum atomic E-state index is -0.0941. The molecular weight excluding hydrogens is 332 g/mol. The Labute approximate surface area is 155 Å². The van der Waals surface area contributed by atoms with Crippen molar-refractivity contribution in [3.63, 3.8) is 0 Å². The van der Waals surface area contributed by atoms with E-state index in [2.05, 4.69) is 27.3 Å². The maximum atomic E-state index is 12.3. The number of thioether (sulfide) groups is 1. The molecule has 138 valence electrons. The zero-order chi connectivity index (χ0) is 17.6. The van der Waals surface area contributed by atoms with Crippen molar-refractivity contribution in [3.8, 4) is 0 Å². The van der Waals surface area contributed by atoms with Crippen LogP contribution in [0.1, 0.15) is 25.7 Å².